The first-order chi connectivity index (χ1) is 9.34. The van der Waals surface area contributed by atoms with Gasteiger partial charge in [-0.15, -0.1) is 25.3 Å². The smallest absolute Gasteiger partial charge is 0.340 e. The van der Waals surface area contributed by atoms with Gasteiger partial charge in [0.05, 0.1) is 12.7 Å². The molecule has 0 saturated heterocycles. The van der Waals surface area contributed by atoms with Crippen LogP contribution in [0.15, 0.2) is 9.79 Å². The van der Waals surface area contributed by atoms with Crippen LogP contribution in [0, 0.1) is 0 Å². The van der Waals surface area contributed by atoms with Gasteiger partial charge in [-0.25, -0.2) is 4.79 Å². The highest BCUT2D eigenvalue weighted by Crippen LogP contribution is 2.47. The molecule has 0 aromatic heterocycles. The molecule has 1 N–H and O–H groups in total. The Morgan fingerprint density at radius 1 is 0.952 bits per heavy atom. The van der Waals surface area contributed by atoms with Crippen molar-refractivity contribution < 1.29 is 14.6 Å². The fourth-order valence-corrected chi connectivity index (χ4v) is 3.80. The van der Waals surface area contributed by atoms with Gasteiger partial charge in [-0.2, -0.15) is 0 Å². The maximum absolute atomic E-state index is 12.1. The van der Waals surface area contributed by atoms with E-state index in [9.17, 15) is 9.90 Å². The Hall–Kier alpha value is -0.810. The van der Waals surface area contributed by atoms with E-state index in [1.54, 1.807) is 0 Å². The quantitative estimate of drug-likeness (QED) is 0.530. The van der Waals surface area contributed by atoms with Crippen LogP contribution in [0.5, 0.6) is 5.75 Å². The SMILES string of the molecule is COC(=O)c1c(S)c(C(C)(C)C)c(O)c(C(C)(C)C)c1S. The number of benzene rings is 1. The summed E-state index contributed by atoms with van der Waals surface area (Å²) in [5.41, 5.74) is 0.830. The number of carbonyl (C=O) groups is 1. The summed E-state index contributed by atoms with van der Waals surface area (Å²) in [4.78, 5) is 13.0. The summed E-state index contributed by atoms with van der Waals surface area (Å²) in [5.74, 6) is -0.348. The number of thiol groups is 2. The van der Waals surface area contributed by atoms with Gasteiger partial charge in [-0.3, -0.25) is 0 Å². The highest BCUT2D eigenvalue weighted by Gasteiger charge is 2.34. The first-order valence-electron chi connectivity index (χ1n) is 6.74. The van der Waals surface area contributed by atoms with Crippen LogP contribution >= 0.6 is 25.3 Å². The molecule has 5 heteroatoms. The van der Waals surface area contributed by atoms with E-state index in [1.807, 2.05) is 41.5 Å². The van der Waals surface area contributed by atoms with Crippen molar-refractivity contribution >= 4 is 31.2 Å². The minimum absolute atomic E-state index is 0.151. The molecule has 0 spiro atoms. The number of phenols is 1. The highest BCUT2D eigenvalue weighted by molar-refractivity contribution is 7.81. The van der Waals surface area contributed by atoms with Gasteiger partial charge < -0.3 is 9.84 Å². The van der Waals surface area contributed by atoms with Crippen molar-refractivity contribution in [3.8, 4) is 5.75 Å². The monoisotopic (exact) mass is 328 g/mol. The lowest BCUT2D eigenvalue weighted by Crippen LogP contribution is -2.22. The minimum Gasteiger partial charge on any atom is -0.507 e. The summed E-state index contributed by atoms with van der Waals surface area (Å²) in [7, 11) is 1.32. The lowest BCUT2D eigenvalue weighted by atomic mass is 9.78. The van der Waals surface area contributed by atoms with Crippen LogP contribution < -0.4 is 0 Å². The van der Waals surface area contributed by atoms with E-state index in [0.717, 1.165) is 0 Å². The molecule has 0 heterocycles. The third kappa shape index (κ3) is 3.34. The lowest BCUT2D eigenvalue weighted by molar-refractivity contribution is 0.0592. The molecule has 0 amide bonds. The molecule has 1 aromatic rings. The van der Waals surface area contributed by atoms with Crippen LogP contribution in [-0.2, 0) is 15.6 Å². The zero-order chi connectivity index (χ0) is 16.7. The maximum atomic E-state index is 12.1. The molecule has 1 rings (SSSR count). The number of phenolic OH excluding ortho intramolecular Hbond substituents is 1. The Balaban J connectivity index is 3.98. The van der Waals surface area contributed by atoms with Crippen molar-refractivity contribution in [2.45, 2.75) is 62.2 Å². The first-order valence-corrected chi connectivity index (χ1v) is 7.63. The van der Waals surface area contributed by atoms with E-state index in [2.05, 4.69) is 25.3 Å². The van der Waals surface area contributed by atoms with Gasteiger partial charge in [0.1, 0.15) is 5.75 Å². The van der Waals surface area contributed by atoms with Crippen LogP contribution in [0.25, 0.3) is 0 Å². The molecule has 0 aliphatic rings. The standard InChI is InChI=1S/C16H24O3S2/c1-15(2,3)9-11(17)10(16(4,5)6)13(21)8(12(9)20)14(18)19-7/h17,20-21H,1-7H3. The molecule has 0 saturated carbocycles. The molecule has 0 radical (unpaired) electrons. The zero-order valence-corrected chi connectivity index (χ0v) is 15.4. The second-order valence-electron chi connectivity index (χ2n) is 7.16. The van der Waals surface area contributed by atoms with Crippen molar-refractivity contribution in [3.63, 3.8) is 0 Å². The number of aromatic hydroxyl groups is 1. The van der Waals surface area contributed by atoms with Crippen LogP contribution in [0.4, 0.5) is 0 Å². The predicted molar refractivity (Wildman–Crippen MR) is 91.4 cm³/mol. The topological polar surface area (TPSA) is 46.5 Å². The molecule has 0 aliphatic heterocycles. The Bertz CT molecular complexity index is 538. The van der Waals surface area contributed by atoms with E-state index in [4.69, 9.17) is 4.74 Å². The number of carbonyl (C=O) groups excluding carboxylic acids is 1. The van der Waals surface area contributed by atoms with Crippen molar-refractivity contribution in [2.75, 3.05) is 7.11 Å². The number of methoxy groups -OCH3 is 1. The maximum Gasteiger partial charge on any atom is 0.340 e. The average Bonchev–Trinajstić information content (AvgIpc) is 2.23. The van der Waals surface area contributed by atoms with E-state index >= 15 is 0 Å². The normalized spacial score (nSPS) is 12.4. The van der Waals surface area contributed by atoms with Gasteiger partial charge in [0, 0.05) is 20.9 Å². The molecule has 0 bridgehead atoms. The van der Waals surface area contributed by atoms with Gasteiger partial charge >= 0.3 is 5.97 Å². The second-order valence-corrected chi connectivity index (χ2v) is 8.06. The van der Waals surface area contributed by atoms with Gasteiger partial charge in [0.25, 0.3) is 0 Å². The minimum atomic E-state index is -0.499. The van der Waals surface area contributed by atoms with Crippen LogP contribution in [-0.4, -0.2) is 18.2 Å². The number of ether oxygens (including phenoxy) is 1. The third-order valence-electron chi connectivity index (χ3n) is 3.31. The highest BCUT2D eigenvalue weighted by atomic mass is 32.1. The summed E-state index contributed by atoms with van der Waals surface area (Å²) in [6, 6.07) is 0. The Morgan fingerprint density at radius 2 is 1.29 bits per heavy atom. The molecule has 0 fully saturated rings. The van der Waals surface area contributed by atoms with Gasteiger partial charge in [0.2, 0.25) is 0 Å². The van der Waals surface area contributed by atoms with Gasteiger partial charge in [-0.05, 0) is 10.8 Å². The summed E-state index contributed by atoms with van der Waals surface area (Å²) in [5, 5.41) is 10.8. The molecule has 21 heavy (non-hydrogen) atoms. The van der Waals surface area contributed by atoms with Crippen LogP contribution in [0.3, 0.4) is 0 Å². The lowest BCUT2D eigenvalue weighted by Gasteiger charge is -2.31. The Morgan fingerprint density at radius 3 is 1.52 bits per heavy atom. The zero-order valence-electron chi connectivity index (χ0n) is 13.7. The Labute approximate surface area is 137 Å². The van der Waals surface area contributed by atoms with Crippen LogP contribution in [0.1, 0.15) is 63.0 Å². The first kappa shape index (κ1) is 18.2. The molecular formula is C16H24O3S2. The Kier molecular flexibility index (Phi) is 5.01. The van der Waals surface area contributed by atoms with Crippen molar-refractivity contribution in [2.24, 2.45) is 0 Å². The molecular weight excluding hydrogens is 304 g/mol. The average molecular weight is 328 g/mol. The summed E-state index contributed by atoms with van der Waals surface area (Å²) >= 11 is 8.94. The van der Waals surface area contributed by atoms with Crippen molar-refractivity contribution in [1.29, 1.82) is 0 Å². The fourth-order valence-electron chi connectivity index (χ4n) is 2.43. The molecule has 0 atom stereocenters. The van der Waals surface area contributed by atoms with E-state index < -0.39 is 5.97 Å². The van der Waals surface area contributed by atoms with E-state index in [1.165, 1.54) is 7.11 Å². The number of rotatable bonds is 1. The van der Waals surface area contributed by atoms with Gasteiger partial charge in [-0.1, -0.05) is 41.5 Å². The van der Waals surface area contributed by atoms with Crippen molar-refractivity contribution in [3.05, 3.63) is 16.7 Å². The second kappa shape index (κ2) is 5.76. The molecule has 1 aromatic carbocycles. The number of esters is 1. The summed E-state index contributed by atoms with van der Waals surface area (Å²) in [6.07, 6.45) is 0. The van der Waals surface area contributed by atoms with Crippen LogP contribution in [0.2, 0.25) is 0 Å². The number of hydrogen-bond donors (Lipinski definition) is 3. The van der Waals surface area contributed by atoms with Gasteiger partial charge in [0.15, 0.2) is 0 Å². The summed E-state index contributed by atoms with van der Waals surface area (Å²) < 4.78 is 4.85. The molecule has 118 valence electrons. The molecule has 0 aliphatic carbocycles. The fraction of sp³-hybridized carbons (Fsp3) is 0.562. The number of hydrogen-bond acceptors (Lipinski definition) is 5. The third-order valence-corrected chi connectivity index (χ3v) is 4.20. The molecule has 3 nitrogen and oxygen atoms in total. The molecule has 0 unspecified atom stereocenters. The van der Waals surface area contributed by atoms with E-state index in [-0.39, 0.29) is 16.6 Å². The summed E-state index contributed by atoms with van der Waals surface area (Å²) in [6.45, 7) is 11.8. The largest absolute Gasteiger partial charge is 0.507 e. The predicted octanol–water partition coefficient (Wildman–Crippen LogP) is 4.35. The van der Waals surface area contributed by atoms with E-state index in [0.29, 0.717) is 26.5 Å². The van der Waals surface area contributed by atoms with Crippen molar-refractivity contribution in [1.82, 2.24) is 0 Å².